The lowest BCUT2D eigenvalue weighted by Crippen LogP contribution is -2.52. The molecule has 1 aromatic carbocycles. The summed E-state index contributed by atoms with van der Waals surface area (Å²) in [5.74, 6) is 1.84. The third-order valence-corrected chi connectivity index (χ3v) is 5.07. The number of methoxy groups -OCH3 is 1. The fourth-order valence-electron chi connectivity index (χ4n) is 3.54. The Kier molecular flexibility index (Phi) is 4.98. The third-order valence-electron chi connectivity index (χ3n) is 5.07. The highest BCUT2D eigenvalue weighted by atomic mass is 16.5. The lowest BCUT2D eigenvalue weighted by atomic mass is 9.52. The quantitative estimate of drug-likeness (QED) is 0.784. The molecule has 0 aliphatic heterocycles. The van der Waals surface area contributed by atoms with E-state index in [1.807, 2.05) is 0 Å². The van der Waals surface area contributed by atoms with Gasteiger partial charge in [0, 0.05) is 17.5 Å². The average molecular weight is 289 g/mol. The standard InChI is InChI=1S/C19H31NO/c1-6-11-20-14-19(12-15(13-19)18(2,3)4)16-9-7-8-10-17(16)21-5/h7-10,15,20H,6,11-14H2,1-5H3. The lowest BCUT2D eigenvalue weighted by Gasteiger charge is -2.53. The zero-order valence-corrected chi connectivity index (χ0v) is 14.3. The maximum absolute atomic E-state index is 5.63. The molecule has 2 heteroatoms. The van der Waals surface area contributed by atoms with Crippen molar-refractivity contribution in [3.05, 3.63) is 29.8 Å². The Bertz CT molecular complexity index is 455. The number of para-hydroxylation sites is 1. The van der Waals surface area contributed by atoms with Gasteiger partial charge in [-0.05, 0) is 43.2 Å². The van der Waals surface area contributed by atoms with Crippen molar-refractivity contribution in [2.45, 2.75) is 52.4 Å². The summed E-state index contributed by atoms with van der Waals surface area (Å²) in [6.45, 7) is 11.5. The van der Waals surface area contributed by atoms with E-state index >= 15 is 0 Å². The number of benzene rings is 1. The monoisotopic (exact) mass is 289 g/mol. The van der Waals surface area contributed by atoms with Crippen LogP contribution < -0.4 is 10.1 Å². The van der Waals surface area contributed by atoms with Gasteiger partial charge < -0.3 is 10.1 Å². The summed E-state index contributed by atoms with van der Waals surface area (Å²) in [5, 5.41) is 3.64. The summed E-state index contributed by atoms with van der Waals surface area (Å²) >= 11 is 0. The predicted octanol–water partition coefficient (Wildman–Crippen LogP) is 4.39. The van der Waals surface area contributed by atoms with Gasteiger partial charge >= 0.3 is 0 Å². The van der Waals surface area contributed by atoms with Gasteiger partial charge in [-0.25, -0.2) is 0 Å². The van der Waals surface area contributed by atoms with Crippen LogP contribution in [0.2, 0.25) is 0 Å². The van der Waals surface area contributed by atoms with Crippen molar-refractivity contribution in [2.75, 3.05) is 20.2 Å². The molecular weight excluding hydrogens is 258 g/mol. The second-order valence-electron chi connectivity index (χ2n) is 7.63. The highest BCUT2D eigenvalue weighted by molar-refractivity contribution is 5.42. The molecule has 1 saturated carbocycles. The molecule has 1 aromatic rings. The minimum Gasteiger partial charge on any atom is -0.496 e. The smallest absolute Gasteiger partial charge is 0.122 e. The van der Waals surface area contributed by atoms with Crippen molar-refractivity contribution in [2.24, 2.45) is 11.3 Å². The first-order valence-corrected chi connectivity index (χ1v) is 8.27. The van der Waals surface area contributed by atoms with Crippen LogP contribution in [0, 0.1) is 11.3 Å². The molecule has 0 spiro atoms. The molecule has 0 radical (unpaired) electrons. The Morgan fingerprint density at radius 1 is 1.24 bits per heavy atom. The Labute approximate surface area is 130 Å². The van der Waals surface area contributed by atoms with Crippen molar-refractivity contribution < 1.29 is 4.74 Å². The fraction of sp³-hybridized carbons (Fsp3) is 0.684. The molecule has 118 valence electrons. The van der Waals surface area contributed by atoms with E-state index in [9.17, 15) is 0 Å². The van der Waals surface area contributed by atoms with Crippen molar-refractivity contribution in [1.29, 1.82) is 0 Å². The van der Waals surface area contributed by atoms with Gasteiger partial charge in [-0.15, -0.1) is 0 Å². The summed E-state index contributed by atoms with van der Waals surface area (Å²) < 4.78 is 5.63. The Hall–Kier alpha value is -1.02. The van der Waals surface area contributed by atoms with Gasteiger partial charge in [0.25, 0.3) is 0 Å². The van der Waals surface area contributed by atoms with E-state index in [4.69, 9.17) is 4.74 Å². The molecule has 2 nitrogen and oxygen atoms in total. The average Bonchev–Trinajstić information content (AvgIpc) is 2.40. The second kappa shape index (κ2) is 6.39. The fourth-order valence-corrected chi connectivity index (χ4v) is 3.54. The molecular formula is C19H31NO. The van der Waals surface area contributed by atoms with Crippen molar-refractivity contribution in [3.8, 4) is 5.75 Å². The van der Waals surface area contributed by atoms with E-state index in [2.05, 4.69) is 57.3 Å². The SMILES string of the molecule is CCCNCC1(c2ccccc2OC)CC(C(C)(C)C)C1. The van der Waals surface area contributed by atoms with Gasteiger partial charge in [-0.1, -0.05) is 45.9 Å². The Balaban J connectivity index is 2.22. The summed E-state index contributed by atoms with van der Waals surface area (Å²) in [6, 6.07) is 8.56. The van der Waals surface area contributed by atoms with Crippen LogP contribution in [0.1, 0.15) is 52.5 Å². The molecule has 0 saturated heterocycles. The molecule has 2 rings (SSSR count). The van der Waals surface area contributed by atoms with Crippen molar-refractivity contribution in [1.82, 2.24) is 5.32 Å². The first kappa shape index (κ1) is 16.4. The van der Waals surface area contributed by atoms with Crippen molar-refractivity contribution >= 4 is 0 Å². The van der Waals surface area contributed by atoms with Crippen LogP contribution in [0.25, 0.3) is 0 Å². The van der Waals surface area contributed by atoms with E-state index in [0.29, 0.717) is 5.41 Å². The number of hydrogen-bond donors (Lipinski definition) is 1. The van der Waals surface area contributed by atoms with Gasteiger partial charge in [0.15, 0.2) is 0 Å². The molecule has 0 unspecified atom stereocenters. The van der Waals surface area contributed by atoms with E-state index < -0.39 is 0 Å². The van der Waals surface area contributed by atoms with E-state index in [1.54, 1.807) is 7.11 Å². The Morgan fingerprint density at radius 3 is 2.48 bits per heavy atom. The molecule has 0 bridgehead atoms. The number of ether oxygens (including phenoxy) is 1. The predicted molar refractivity (Wildman–Crippen MR) is 90.0 cm³/mol. The minimum absolute atomic E-state index is 0.250. The number of nitrogens with one attached hydrogen (secondary N) is 1. The van der Waals surface area contributed by atoms with Crippen LogP contribution in [0.4, 0.5) is 0 Å². The normalized spacial score (nSPS) is 25.5. The molecule has 0 heterocycles. The third kappa shape index (κ3) is 3.42. The molecule has 1 aliphatic rings. The zero-order chi connectivity index (χ0) is 15.5. The molecule has 0 atom stereocenters. The van der Waals surface area contributed by atoms with Crippen LogP contribution in [0.15, 0.2) is 24.3 Å². The minimum atomic E-state index is 0.250. The van der Waals surface area contributed by atoms with Crippen molar-refractivity contribution in [3.63, 3.8) is 0 Å². The molecule has 21 heavy (non-hydrogen) atoms. The highest BCUT2D eigenvalue weighted by Gasteiger charge is 2.50. The first-order valence-electron chi connectivity index (χ1n) is 8.27. The van der Waals surface area contributed by atoms with Crippen LogP contribution >= 0.6 is 0 Å². The topological polar surface area (TPSA) is 21.3 Å². The van der Waals surface area contributed by atoms with Gasteiger partial charge in [0.1, 0.15) is 5.75 Å². The van der Waals surface area contributed by atoms with E-state index in [-0.39, 0.29) is 5.41 Å². The zero-order valence-electron chi connectivity index (χ0n) is 14.3. The molecule has 0 aromatic heterocycles. The summed E-state index contributed by atoms with van der Waals surface area (Å²) in [4.78, 5) is 0. The molecule has 1 aliphatic carbocycles. The molecule has 0 amide bonds. The highest BCUT2D eigenvalue weighted by Crippen LogP contribution is 2.55. The van der Waals surface area contributed by atoms with Gasteiger partial charge in [-0.3, -0.25) is 0 Å². The van der Waals surface area contributed by atoms with Gasteiger partial charge in [-0.2, -0.15) is 0 Å². The Morgan fingerprint density at radius 2 is 1.90 bits per heavy atom. The lowest BCUT2D eigenvalue weighted by molar-refractivity contribution is 0.0435. The summed E-state index contributed by atoms with van der Waals surface area (Å²) in [7, 11) is 1.78. The number of rotatable bonds is 6. The van der Waals surface area contributed by atoms with Crippen LogP contribution in [0.3, 0.4) is 0 Å². The van der Waals surface area contributed by atoms with Crippen LogP contribution in [-0.4, -0.2) is 20.2 Å². The largest absolute Gasteiger partial charge is 0.496 e. The summed E-state index contributed by atoms with van der Waals surface area (Å²) in [6.07, 6.45) is 3.70. The van der Waals surface area contributed by atoms with E-state index in [1.165, 1.54) is 24.8 Å². The summed E-state index contributed by atoms with van der Waals surface area (Å²) in [5.41, 5.74) is 2.03. The molecule has 1 N–H and O–H groups in total. The second-order valence-corrected chi connectivity index (χ2v) is 7.63. The van der Waals surface area contributed by atoms with Crippen LogP contribution in [0.5, 0.6) is 5.75 Å². The molecule has 1 fully saturated rings. The van der Waals surface area contributed by atoms with Crippen LogP contribution in [-0.2, 0) is 5.41 Å². The van der Waals surface area contributed by atoms with Gasteiger partial charge in [0.2, 0.25) is 0 Å². The van der Waals surface area contributed by atoms with Gasteiger partial charge in [0.05, 0.1) is 7.11 Å². The maximum Gasteiger partial charge on any atom is 0.122 e. The maximum atomic E-state index is 5.63. The number of hydrogen-bond acceptors (Lipinski definition) is 2. The van der Waals surface area contributed by atoms with E-state index in [0.717, 1.165) is 24.8 Å². The first-order chi connectivity index (χ1) is 9.93.